The molecule has 23 heavy (non-hydrogen) atoms. The molecule has 1 heterocycles. The smallest absolute Gasteiger partial charge is 0.315 e. The van der Waals surface area contributed by atoms with Crippen molar-refractivity contribution in [1.82, 2.24) is 10.6 Å². The summed E-state index contributed by atoms with van der Waals surface area (Å²) in [5.41, 5.74) is 1.30. The molecule has 0 spiro atoms. The Hall–Kier alpha value is -1.82. The molecule has 1 saturated carbocycles. The molecule has 5 nitrogen and oxygen atoms in total. The van der Waals surface area contributed by atoms with Crippen molar-refractivity contribution in [1.29, 1.82) is 0 Å². The van der Waals surface area contributed by atoms with E-state index in [9.17, 15) is 14.3 Å². The molecule has 6 heteroatoms. The second-order valence-electron chi connectivity index (χ2n) is 6.65. The fraction of sp³-hybridized carbons (Fsp3) is 0.588. The molecular formula is C17H24FN3O2. The van der Waals surface area contributed by atoms with Gasteiger partial charge in [0.15, 0.2) is 0 Å². The van der Waals surface area contributed by atoms with E-state index in [2.05, 4.69) is 17.6 Å². The molecule has 2 fully saturated rings. The molecule has 0 aromatic heterocycles. The quantitative estimate of drug-likeness (QED) is 0.795. The minimum Gasteiger partial charge on any atom is -0.393 e. The highest BCUT2D eigenvalue weighted by atomic mass is 19.1. The van der Waals surface area contributed by atoms with Crippen molar-refractivity contribution in [2.75, 3.05) is 18.0 Å². The molecule has 1 saturated heterocycles. The number of rotatable bonds is 4. The van der Waals surface area contributed by atoms with E-state index in [0.29, 0.717) is 44.1 Å². The zero-order valence-electron chi connectivity index (χ0n) is 13.4. The number of nitrogens with zero attached hydrogens (tertiary/aromatic N) is 1. The number of urea groups is 1. The summed E-state index contributed by atoms with van der Waals surface area (Å²) in [6, 6.07) is 5.15. The summed E-state index contributed by atoms with van der Waals surface area (Å²) in [6.45, 7) is 3.73. The molecule has 126 valence electrons. The molecule has 0 bridgehead atoms. The first-order valence-corrected chi connectivity index (χ1v) is 8.28. The third-order valence-corrected chi connectivity index (χ3v) is 4.70. The van der Waals surface area contributed by atoms with Crippen molar-refractivity contribution in [3.63, 3.8) is 0 Å². The molecule has 1 aromatic rings. The predicted molar refractivity (Wildman–Crippen MR) is 86.8 cm³/mol. The average molecular weight is 321 g/mol. The van der Waals surface area contributed by atoms with E-state index in [4.69, 9.17) is 0 Å². The molecule has 1 aromatic carbocycles. The maximum atomic E-state index is 14.3. The van der Waals surface area contributed by atoms with Gasteiger partial charge < -0.3 is 20.6 Å². The van der Waals surface area contributed by atoms with Crippen LogP contribution in [0.4, 0.5) is 14.9 Å². The number of hydrogen-bond donors (Lipinski definition) is 3. The highest BCUT2D eigenvalue weighted by Gasteiger charge is 2.33. The Morgan fingerprint density at radius 3 is 2.70 bits per heavy atom. The van der Waals surface area contributed by atoms with E-state index in [1.165, 1.54) is 6.07 Å². The van der Waals surface area contributed by atoms with Gasteiger partial charge in [-0.1, -0.05) is 13.0 Å². The lowest BCUT2D eigenvalue weighted by Crippen LogP contribution is -2.37. The van der Waals surface area contributed by atoms with E-state index in [-0.39, 0.29) is 24.0 Å². The van der Waals surface area contributed by atoms with Gasteiger partial charge in [-0.2, -0.15) is 0 Å². The number of hydrogen-bond acceptors (Lipinski definition) is 3. The van der Waals surface area contributed by atoms with E-state index < -0.39 is 0 Å². The monoisotopic (exact) mass is 321 g/mol. The lowest BCUT2D eigenvalue weighted by atomic mass is 10.1. The largest absolute Gasteiger partial charge is 0.393 e. The number of halogens is 1. The minimum absolute atomic E-state index is 0.200. The molecule has 2 aliphatic rings. The predicted octanol–water partition coefficient (Wildman–Crippen LogP) is 1.99. The first kappa shape index (κ1) is 16.1. The number of anilines is 1. The first-order chi connectivity index (χ1) is 11.0. The number of nitrogens with one attached hydrogen (secondary N) is 2. The fourth-order valence-corrected chi connectivity index (χ4v) is 2.95. The van der Waals surface area contributed by atoms with Gasteiger partial charge in [0.2, 0.25) is 0 Å². The van der Waals surface area contributed by atoms with Crippen molar-refractivity contribution < 1.29 is 14.3 Å². The summed E-state index contributed by atoms with van der Waals surface area (Å²) in [7, 11) is 0. The highest BCUT2D eigenvalue weighted by Crippen LogP contribution is 2.28. The Morgan fingerprint density at radius 1 is 1.39 bits per heavy atom. The summed E-state index contributed by atoms with van der Waals surface area (Å²) in [5, 5.41) is 15.2. The molecule has 3 N–H and O–H groups in total. The Labute approximate surface area is 135 Å². The van der Waals surface area contributed by atoms with E-state index in [1.54, 1.807) is 6.07 Å². The van der Waals surface area contributed by atoms with Crippen LogP contribution < -0.4 is 15.5 Å². The lowest BCUT2D eigenvalue weighted by Gasteiger charge is -2.31. The molecule has 2 unspecified atom stereocenters. The van der Waals surface area contributed by atoms with E-state index in [1.807, 2.05) is 11.0 Å². The zero-order chi connectivity index (χ0) is 16.4. The van der Waals surface area contributed by atoms with Gasteiger partial charge in [-0.3, -0.25) is 0 Å². The van der Waals surface area contributed by atoms with Crippen LogP contribution in [-0.2, 0) is 6.54 Å². The third kappa shape index (κ3) is 4.13. The average Bonchev–Trinajstić information content (AvgIpc) is 3.21. The molecular weight excluding hydrogens is 297 g/mol. The zero-order valence-corrected chi connectivity index (χ0v) is 13.4. The van der Waals surface area contributed by atoms with Gasteiger partial charge in [0.1, 0.15) is 5.82 Å². The van der Waals surface area contributed by atoms with Crippen LogP contribution in [0.25, 0.3) is 0 Å². The van der Waals surface area contributed by atoms with Gasteiger partial charge in [0, 0.05) is 25.7 Å². The van der Waals surface area contributed by atoms with Crippen molar-refractivity contribution in [2.45, 2.75) is 44.9 Å². The molecule has 3 rings (SSSR count). The van der Waals surface area contributed by atoms with Crippen LogP contribution in [0.1, 0.15) is 31.7 Å². The highest BCUT2D eigenvalue weighted by molar-refractivity contribution is 5.74. The number of aliphatic hydroxyl groups excluding tert-OH is 1. The van der Waals surface area contributed by atoms with Crippen molar-refractivity contribution in [2.24, 2.45) is 5.92 Å². The van der Waals surface area contributed by atoms with Gasteiger partial charge in [0.05, 0.1) is 11.8 Å². The standard InChI is InChI=1S/C17H24FN3O2/c1-11-8-15(11)20-17(23)19-10-12-2-3-16(14(18)9-12)21-6-4-13(22)5-7-21/h2-3,9,11,13,15,22H,4-8,10H2,1H3,(H2,19,20,23). The molecule has 2 atom stereocenters. The van der Waals surface area contributed by atoms with Crippen LogP contribution in [-0.4, -0.2) is 36.4 Å². The third-order valence-electron chi connectivity index (χ3n) is 4.70. The van der Waals surface area contributed by atoms with Crippen LogP contribution in [0.2, 0.25) is 0 Å². The lowest BCUT2D eigenvalue weighted by molar-refractivity contribution is 0.145. The number of benzene rings is 1. The molecule has 2 amide bonds. The summed E-state index contributed by atoms with van der Waals surface area (Å²) >= 11 is 0. The van der Waals surface area contributed by atoms with Crippen LogP contribution in [0.3, 0.4) is 0 Å². The van der Waals surface area contributed by atoms with Crippen molar-refractivity contribution in [3.05, 3.63) is 29.6 Å². The van der Waals surface area contributed by atoms with Gasteiger partial charge in [0.25, 0.3) is 0 Å². The normalized spacial score (nSPS) is 24.4. The second-order valence-corrected chi connectivity index (χ2v) is 6.65. The van der Waals surface area contributed by atoms with Gasteiger partial charge >= 0.3 is 6.03 Å². The van der Waals surface area contributed by atoms with Gasteiger partial charge in [-0.15, -0.1) is 0 Å². The summed E-state index contributed by atoms with van der Waals surface area (Å²) < 4.78 is 14.3. The number of carbonyl (C=O) groups is 1. The number of piperidine rings is 1. The Morgan fingerprint density at radius 2 is 2.09 bits per heavy atom. The maximum Gasteiger partial charge on any atom is 0.315 e. The van der Waals surface area contributed by atoms with Crippen molar-refractivity contribution in [3.8, 4) is 0 Å². The second kappa shape index (κ2) is 6.74. The summed E-state index contributed by atoms with van der Waals surface area (Å²) in [4.78, 5) is 13.7. The Balaban J connectivity index is 1.53. The van der Waals surface area contributed by atoms with Crippen LogP contribution in [0.5, 0.6) is 0 Å². The van der Waals surface area contributed by atoms with Crippen LogP contribution in [0.15, 0.2) is 18.2 Å². The Bertz CT molecular complexity index is 573. The van der Waals surface area contributed by atoms with Crippen molar-refractivity contribution >= 4 is 11.7 Å². The topological polar surface area (TPSA) is 64.6 Å². The van der Waals surface area contributed by atoms with Crippen LogP contribution in [0, 0.1) is 11.7 Å². The summed E-state index contributed by atoms with van der Waals surface area (Å²) in [6.07, 6.45) is 2.09. The van der Waals surface area contributed by atoms with Gasteiger partial charge in [-0.05, 0) is 42.9 Å². The SMILES string of the molecule is CC1CC1NC(=O)NCc1ccc(N2CCC(O)CC2)c(F)c1. The minimum atomic E-state index is -0.281. The molecule has 1 aliphatic heterocycles. The number of aliphatic hydroxyl groups is 1. The molecule has 1 aliphatic carbocycles. The number of carbonyl (C=O) groups excluding carboxylic acids is 1. The van der Waals surface area contributed by atoms with E-state index >= 15 is 0 Å². The van der Waals surface area contributed by atoms with E-state index in [0.717, 1.165) is 12.0 Å². The van der Waals surface area contributed by atoms with Gasteiger partial charge in [-0.25, -0.2) is 9.18 Å². The fourth-order valence-electron chi connectivity index (χ4n) is 2.95. The Kier molecular flexibility index (Phi) is 4.71. The first-order valence-electron chi connectivity index (χ1n) is 8.28. The summed E-state index contributed by atoms with van der Waals surface area (Å²) in [5.74, 6) is 0.275. The molecule has 0 radical (unpaired) electrons. The maximum absolute atomic E-state index is 14.3. The van der Waals surface area contributed by atoms with Crippen LogP contribution >= 0.6 is 0 Å². The number of amides is 2.